The van der Waals surface area contributed by atoms with Crippen LogP contribution >= 0.6 is 11.6 Å². The van der Waals surface area contributed by atoms with Gasteiger partial charge in [0, 0.05) is 0 Å². The number of hydrogen-bond donors (Lipinski definition) is 0. The predicted octanol–water partition coefficient (Wildman–Crippen LogP) is 4.92. The SMILES string of the molecule is COc1cc(C=C2N=C(c3ccccc3Cl)OC2=O)ccc1OC(=O)c1ccccc1OC. The second-order valence-electron chi connectivity index (χ2n) is 6.82. The van der Waals surface area contributed by atoms with E-state index in [0.717, 1.165) is 0 Å². The van der Waals surface area contributed by atoms with E-state index in [4.69, 9.17) is 30.5 Å². The first-order chi connectivity index (χ1) is 16.0. The van der Waals surface area contributed by atoms with Crippen LogP contribution in [-0.2, 0) is 9.53 Å². The van der Waals surface area contributed by atoms with Crippen molar-refractivity contribution in [1.82, 2.24) is 0 Å². The number of rotatable bonds is 6. The van der Waals surface area contributed by atoms with Crippen molar-refractivity contribution in [1.29, 1.82) is 0 Å². The fraction of sp³-hybridized carbons (Fsp3) is 0.0800. The van der Waals surface area contributed by atoms with Crippen LogP contribution in [0.15, 0.2) is 77.4 Å². The molecular formula is C25H18ClNO6. The summed E-state index contributed by atoms with van der Waals surface area (Å²) in [5.74, 6) is -0.152. The summed E-state index contributed by atoms with van der Waals surface area (Å²) in [7, 11) is 2.92. The van der Waals surface area contributed by atoms with Gasteiger partial charge in [0.2, 0.25) is 5.90 Å². The highest BCUT2D eigenvalue weighted by Crippen LogP contribution is 2.31. The summed E-state index contributed by atoms with van der Waals surface area (Å²) < 4.78 is 21.3. The molecule has 7 nitrogen and oxygen atoms in total. The lowest BCUT2D eigenvalue weighted by Gasteiger charge is -2.11. The monoisotopic (exact) mass is 463 g/mol. The first kappa shape index (κ1) is 22.1. The average Bonchev–Trinajstić information content (AvgIpc) is 3.19. The summed E-state index contributed by atoms with van der Waals surface area (Å²) >= 11 is 6.16. The Morgan fingerprint density at radius 1 is 0.939 bits per heavy atom. The molecule has 0 radical (unpaired) electrons. The van der Waals surface area contributed by atoms with Gasteiger partial charge in [-0.2, -0.15) is 0 Å². The standard InChI is InChI=1S/C25H18ClNO6/c1-30-20-10-6-4-8-17(20)24(28)32-21-12-11-15(14-22(21)31-2)13-19-25(29)33-23(27-19)16-7-3-5-9-18(16)26/h3-14H,1-2H3. The third-order valence-corrected chi connectivity index (χ3v) is 5.07. The molecule has 0 spiro atoms. The molecule has 0 fully saturated rings. The highest BCUT2D eigenvalue weighted by Gasteiger charge is 2.25. The smallest absolute Gasteiger partial charge is 0.363 e. The van der Waals surface area contributed by atoms with Crippen LogP contribution in [0.1, 0.15) is 21.5 Å². The van der Waals surface area contributed by atoms with Gasteiger partial charge in [0.25, 0.3) is 0 Å². The quantitative estimate of drug-likeness (QED) is 0.293. The Hall–Kier alpha value is -4.10. The molecule has 8 heteroatoms. The van der Waals surface area contributed by atoms with Gasteiger partial charge in [-0.05, 0) is 48.0 Å². The molecule has 33 heavy (non-hydrogen) atoms. The maximum Gasteiger partial charge on any atom is 0.363 e. The van der Waals surface area contributed by atoms with Gasteiger partial charge in [0.05, 0.1) is 24.8 Å². The lowest BCUT2D eigenvalue weighted by atomic mass is 10.1. The van der Waals surface area contributed by atoms with E-state index >= 15 is 0 Å². The molecule has 166 valence electrons. The minimum Gasteiger partial charge on any atom is -0.496 e. The van der Waals surface area contributed by atoms with Crippen LogP contribution in [0.4, 0.5) is 0 Å². The number of esters is 2. The zero-order valence-electron chi connectivity index (χ0n) is 17.7. The van der Waals surface area contributed by atoms with Crippen molar-refractivity contribution in [2.45, 2.75) is 0 Å². The molecule has 4 rings (SSSR count). The van der Waals surface area contributed by atoms with Crippen molar-refractivity contribution in [2.24, 2.45) is 4.99 Å². The second-order valence-corrected chi connectivity index (χ2v) is 7.22. The predicted molar refractivity (Wildman–Crippen MR) is 123 cm³/mol. The fourth-order valence-electron chi connectivity index (χ4n) is 3.14. The van der Waals surface area contributed by atoms with E-state index in [1.807, 2.05) is 0 Å². The Kier molecular flexibility index (Phi) is 6.42. The molecule has 0 amide bonds. The molecule has 0 bridgehead atoms. The van der Waals surface area contributed by atoms with E-state index in [-0.39, 0.29) is 22.9 Å². The van der Waals surface area contributed by atoms with Crippen LogP contribution in [0.3, 0.4) is 0 Å². The van der Waals surface area contributed by atoms with Crippen LogP contribution in [0.25, 0.3) is 6.08 Å². The minimum atomic E-state index is -0.601. The number of methoxy groups -OCH3 is 2. The van der Waals surface area contributed by atoms with Gasteiger partial charge in [-0.15, -0.1) is 0 Å². The molecule has 0 N–H and O–H groups in total. The van der Waals surface area contributed by atoms with Gasteiger partial charge in [-0.3, -0.25) is 0 Å². The summed E-state index contributed by atoms with van der Waals surface area (Å²) in [5, 5.41) is 0.424. The lowest BCUT2D eigenvalue weighted by Crippen LogP contribution is -2.10. The zero-order valence-corrected chi connectivity index (χ0v) is 18.5. The summed E-state index contributed by atoms with van der Waals surface area (Å²) in [6, 6.07) is 18.5. The summed E-state index contributed by atoms with van der Waals surface area (Å²) in [6.45, 7) is 0. The van der Waals surface area contributed by atoms with Crippen LogP contribution in [0.5, 0.6) is 17.2 Å². The van der Waals surface area contributed by atoms with Gasteiger partial charge < -0.3 is 18.9 Å². The van der Waals surface area contributed by atoms with Gasteiger partial charge in [-0.25, -0.2) is 14.6 Å². The molecule has 0 atom stereocenters. The van der Waals surface area contributed by atoms with E-state index in [9.17, 15) is 9.59 Å². The average molecular weight is 464 g/mol. The molecule has 1 aliphatic heterocycles. The van der Waals surface area contributed by atoms with Crippen LogP contribution < -0.4 is 14.2 Å². The molecule has 1 aliphatic rings. The van der Waals surface area contributed by atoms with Crippen LogP contribution in [0.2, 0.25) is 5.02 Å². The van der Waals surface area contributed by atoms with E-state index in [1.54, 1.807) is 72.8 Å². The number of carbonyl (C=O) groups is 2. The maximum atomic E-state index is 12.6. The number of cyclic esters (lactones) is 1. The largest absolute Gasteiger partial charge is 0.496 e. The van der Waals surface area contributed by atoms with Gasteiger partial charge in [-0.1, -0.05) is 41.9 Å². The summed E-state index contributed by atoms with van der Waals surface area (Å²) in [5.41, 5.74) is 1.50. The van der Waals surface area contributed by atoms with E-state index in [2.05, 4.69) is 4.99 Å². The van der Waals surface area contributed by atoms with Gasteiger partial charge in [0.1, 0.15) is 11.3 Å². The number of nitrogens with zero attached hydrogens (tertiary/aromatic N) is 1. The highest BCUT2D eigenvalue weighted by molar-refractivity contribution is 6.34. The molecule has 0 saturated heterocycles. The Morgan fingerprint density at radius 3 is 2.42 bits per heavy atom. The van der Waals surface area contributed by atoms with Gasteiger partial charge >= 0.3 is 11.9 Å². The van der Waals surface area contributed by atoms with Crippen molar-refractivity contribution in [3.05, 3.63) is 94.1 Å². The summed E-state index contributed by atoms with van der Waals surface area (Å²) in [6.07, 6.45) is 1.54. The molecule has 1 heterocycles. The van der Waals surface area contributed by atoms with Crippen molar-refractivity contribution >= 4 is 35.5 Å². The third kappa shape index (κ3) is 4.73. The Balaban J connectivity index is 1.59. The van der Waals surface area contributed by atoms with Gasteiger partial charge in [0.15, 0.2) is 17.2 Å². The number of halogens is 1. The fourth-order valence-corrected chi connectivity index (χ4v) is 3.36. The van der Waals surface area contributed by atoms with Crippen LogP contribution in [-0.4, -0.2) is 32.1 Å². The molecule has 0 aliphatic carbocycles. The van der Waals surface area contributed by atoms with Crippen molar-refractivity contribution in [3.8, 4) is 17.2 Å². The second kappa shape index (κ2) is 9.58. The maximum absolute atomic E-state index is 12.6. The topological polar surface area (TPSA) is 83.4 Å². The molecule has 3 aromatic rings. The number of carbonyl (C=O) groups excluding carboxylic acids is 2. The van der Waals surface area contributed by atoms with E-state index in [0.29, 0.717) is 27.6 Å². The van der Waals surface area contributed by atoms with Crippen molar-refractivity contribution in [3.63, 3.8) is 0 Å². The molecular weight excluding hydrogens is 446 g/mol. The molecule has 0 saturated carbocycles. The normalized spacial score (nSPS) is 14.0. The number of ether oxygens (including phenoxy) is 4. The number of hydrogen-bond acceptors (Lipinski definition) is 7. The molecule has 3 aromatic carbocycles. The van der Waals surface area contributed by atoms with Crippen LogP contribution in [0, 0.1) is 0 Å². The number of para-hydroxylation sites is 1. The van der Waals surface area contributed by atoms with Crippen molar-refractivity contribution < 1.29 is 28.5 Å². The third-order valence-electron chi connectivity index (χ3n) is 4.75. The zero-order chi connectivity index (χ0) is 23.4. The first-order valence-electron chi connectivity index (χ1n) is 9.81. The Morgan fingerprint density at radius 2 is 1.67 bits per heavy atom. The minimum absolute atomic E-state index is 0.103. The number of aliphatic imine (C=N–C) groups is 1. The Bertz CT molecular complexity index is 1300. The number of benzene rings is 3. The lowest BCUT2D eigenvalue weighted by molar-refractivity contribution is -0.129. The van der Waals surface area contributed by atoms with E-state index in [1.165, 1.54) is 14.2 Å². The first-order valence-corrected chi connectivity index (χ1v) is 10.2. The van der Waals surface area contributed by atoms with Crippen molar-refractivity contribution in [2.75, 3.05) is 14.2 Å². The summed E-state index contributed by atoms with van der Waals surface area (Å²) in [4.78, 5) is 29.2. The van der Waals surface area contributed by atoms with E-state index < -0.39 is 11.9 Å². The molecule has 0 aromatic heterocycles. The molecule has 0 unspecified atom stereocenters. The Labute approximate surface area is 194 Å². The highest BCUT2D eigenvalue weighted by atomic mass is 35.5.